The fraction of sp³-hybridized carbons (Fsp3) is 0.375. The van der Waals surface area contributed by atoms with Gasteiger partial charge >= 0.3 is 0 Å². The van der Waals surface area contributed by atoms with Crippen LogP contribution in [0.5, 0.6) is 5.75 Å². The number of aromatic carboxylic acids is 1. The minimum absolute atomic E-state index is 0.0295. The van der Waals surface area contributed by atoms with Crippen LogP contribution in [0.1, 0.15) is 29.2 Å². The molecule has 1 saturated carbocycles. The van der Waals surface area contributed by atoms with Crippen LogP contribution in [0, 0.1) is 5.82 Å². The molecule has 1 aliphatic rings. The Morgan fingerprint density at radius 3 is 2.79 bits per heavy atom. The van der Waals surface area contributed by atoms with Crippen molar-refractivity contribution in [3.05, 3.63) is 33.9 Å². The van der Waals surface area contributed by atoms with Crippen molar-refractivity contribution in [2.75, 3.05) is 25.5 Å². The Kier molecular flexibility index (Phi) is 4.15. The molecule has 1 fully saturated rings. The van der Waals surface area contributed by atoms with Gasteiger partial charge in [0.2, 0.25) is 0 Å². The van der Waals surface area contributed by atoms with Crippen molar-refractivity contribution < 1.29 is 24.8 Å². The number of nitrogens with one attached hydrogen (secondary N) is 1. The lowest BCUT2D eigenvalue weighted by Crippen LogP contribution is -2.53. The van der Waals surface area contributed by atoms with Crippen molar-refractivity contribution in [1.82, 2.24) is 4.57 Å². The first-order valence-corrected chi connectivity index (χ1v) is 7.69. The van der Waals surface area contributed by atoms with Gasteiger partial charge in [-0.15, -0.1) is 0 Å². The number of carboxylic acids is 1. The SMILES string of the molecule is COc1c(NCC[NH3+])c(F)cc2c(=O)c(C(=O)[O-])cn(C3CC3)c12. The molecule has 1 heterocycles. The van der Waals surface area contributed by atoms with Crippen molar-refractivity contribution >= 4 is 22.6 Å². The highest BCUT2D eigenvalue weighted by Crippen LogP contribution is 2.42. The van der Waals surface area contributed by atoms with E-state index in [4.69, 9.17) is 4.74 Å². The van der Waals surface area contributed by atoms with Gasteiger partial charge in [0.15, 0.2) is 17.0 Å². The van der Waals surface area contributed by atoms with E-state index in [1.165, 1.54) is 13.3 Å². The van der Waals surface area contributed by atoms with Crippen LogP contribution in [-0.2, 0) is 0 Å². The monoisotopic (exact) mass is 335 g/mol. The zero-order chi connectivity index (χ0) is 17.4. The van der Waals surface area contributed by atoms with Gasteiger partial charge in [-0.2, -0.15) is 0 Å². The second kappa shape index (κ2) is 6.12. The third-order valence-corrected chi connectivity index (χ3v) is 4.07. The van der Waals surface area contributed by atoms with Crippen LogP contribution in [-0.4, -0.2) is 30.7 Å². The van der Waals surface area contributed by atoms with Gasteiger partial charge in [0, 0.05) is 12.2 Å². The van der Waals surface area contributed by atoms with Crippen LogP contribution in [0.25, 0.3) is 10.9 Å². The smallest absolute Gasteiger partial charge is 0.198 e. The lowest BCUT2D eigenvalue weighted by molar-refractivity contribution is -0.362. The largest absolute Gasteiger partial charge is 0.545 e. The lowest BCUT2D eigenvalue weighted by atomic mass is 10.1. The van der Waals surface area contributed by atoms with Gasteiger partial charge in [-0.05, 0) is 18.9 Å². The number of carboxylic acid groups (broad SMARTS) is 1. The molecule has 0 atom stereocenters. The number of pyridine rings is 1. The number of carbonyl (C=O) groups excluding carboxylic acids is 1. The van der Waals surface area contributed by atoms with E-state index < -0.39 is 22.8 Å². The zero-order valence-electron chi connectivity index (χ0n) is 13.2. The van der Waals surface area contributed by atoms with Crippen molar-refractivity contribution in [3.63, 3.8) is 0 Å². The number of carbonyl (C=O) groups is 1. The normalized spacial score (nSPS) is 14.0. The summed E-state index contributed by atoms with van der Waals surface area (Å²) in [5.74, 6) is -2.06. The highest BCUT2D eigenvalue weighted by atomic mass is 19.1. The van der Waals surface area contributed by atoms with E-state index in [9.17, 15) is 19.1 Å². The number of methoxy groups -OCH3 is 1. The van der Waals surface area contributed by atoms with Crippen LogP contribution in [0.4, 0.5) is 10.1 Å². The van der Waals surface area contributed by atoms with E-state index in [0.29, 0.717) is 18.6 Å². The summed E-state index contributed by atoms with van der Waals surface area (Å²) in [5, 5.41) is 14.1. The highest BCUT2D eigenvalue weighted by Gasteiger charge is 2.29. The summed E-state index contributed by atoms with van der Waals surface area (Å²) < 4.78 is 21.5. The Morgan fingerprint density at radius 2 is 2.25 bits per heavy atom. The molecule has 8 heteroatoms. The molecule has 128 valence electrons. The van der Waals surface area contributed by atoms with Gasteiger partial charge in [0.05, 0.1) is 42.6 Å². The molecule has 0 spiro atoms. The molecule has 0 unspecified atom stereocenters. The molecule has 0 aliphatic heterocycles. The summed E-state index contributed by atoms with van der Waals surface area (Å²) in [6.45, 7) is 0.975. The minimum atomic E-state index is -1.57. The van der Waals surface area contributed by atoms with E-state index in [1.54, 1.807) is 4.57 Å². The maximum Gasteiger partial charge on any atom is 0.198 e. The van der Waals surface area contributed by atoms with E-state index >= 15 is 0 Å². The number of hydrogen-bond acceptors (Lipinski definition) is 5. The van der Waals surface area contributed by atoms with E-state index in [0.717, 1.165) is 18.9 Å². The number of aromatic nitrogens is 1. The standard InChI is InChI=1S/C16H18FN3O4/c1-24-15-12(19-5-4-18)11(17)6-9-13(15)20(8-2-3-8)7-10(14(9)21)16(22)23/h6-8,19H,2-5,18H2,1H3,(H,22,23). The summed E-state index contributed by atoms with van der Waals surface area (Å²) in [6, 6.07) is 1.11. The Bertz CT molecular complexity index is 874. The van der Waals surface area contributed by atoms with Crippen molar-refractivity contribution in [2.45, 2.75) is 18.9 Å². The van der Waals surface area contributed by atoms with Gasteiger partial charge in [-0.1, -0.05) is 0 Å². The molecule has 1 aromatic carbocycles. The van der Waals surface area contributed by atoms with Gasteiger partial charge in [-0.25, -0.2) is 4.39 Å². The Balaban J connectivity index is 2.39. The Labute approximate surface area is 136 Å². The van der Waals surface area contributed by atoms with Gasteiger partial charge < -0.3 is 30.3 Å². The second-order valence-electron chi connectivity index (χ2n) is 5.74. The third kappa shape index (κ3) is 2.58. The van der Waals surface area contributed by atoms with Gasteiger partial charge in [0.1, 0.15) is 5.69 Å². The topological polar surface area (TPSA) is 111 Å². The fourth-order valence-corrected chi connectivity index (χ4v) is 2.82. The molecule has 1 aromatic heterocycles. The van der Waals surface area contributed by atoms with Crippen molar-refractivity contribution in [3.8, 4) is 5.75 Å². The molecule has 1 aliphatic carbocycles. The van der Waals surface area contributed by atoms with E-state index in [2.05, 4.69) is 11.1 Å². The molecule has 0 bridgehead atoms. The maximum atomic E-state index is 14.5. The predicted octanol–water partition coefficient (Wildman–Crippen LogP) is -0.499. The summed E-state index contributed by atoms with van der Waals surface area (Å²) >= 11 is 0. The molecule has 0 radical (unpaired) electrons. The quantitative estimate of drug-likeness (QED) is 0.739. The average Bonchev–Trinajstić information content (AvgIpc) is 3.38. The maximum absolute atomic E-state index is 14.5. The summed E-state index contributed by atoms with van der Waals surface area (Å²) in [6.07, 6.45) is 2.97. The molecule has 0 amide bonds. The molecular formula is C16H18FN3O4. The highest BCUT2D eigenvalue weighted by molar-refractivity contribution is 5.96. The van der Waals surface area contributed by atoms with Crippen molar-refractivity contribution in [2.24, 2.45) is 0 Å². The molecule has 0 saturated heterocycles. The number of ether oxygens (including phenoxy) is 1. The number of hydrogen-bond donors (Lipinski definition) is 2. The molecule has 4 N–H and O–H groups in total. The molecule has 3 rings (SSSR count). The first-order valence-electron chi connectivity index (χ1n) is 7.69. The summed E-state index contributed by atoms with van der Waals surface area (Å²) in [7, 11) is 1.39. The number of quaternary nitrogens is 1. The Morgan fingerprint density at radius 1 is 1.54 bits per heavy atom. The number of anilines is 1. The van der Waals surface area contributed by atoms with Crippen molar-refractivity contribution in [1.29, 1.82) is 0 Å². The molecular weight excluding hydrogens is 317 g/mol. The van der Waals surface area contributed by atoms with Crippen LogP contribution in [0.15, 0.2) is 17.1 Å². The Hall–Kier alpha value is -2.61. The summed E-state index contributed by atoms with van der Waals surface area (Å²) in [4.78, 5) is 23.7. The number of fused-ring (bicyclic) bond motifs is 1. The average molecular weight is 335 g/mol. The van der Waals surface area contributed by atoms with E-state index in [-0.39, 0.29) is 22.9 Å². The fourth-order valence-electron chi connectivity index (χ4n) is 2.82. The minimum Gasteiger partial charge on any atom is -0.545 e. The zero-order valence-corrected chi connectivity index (χ0v) is 13.2. The van der Waals surface area contributed by atoms with Gasteiger partial charge in [0.25, 0.3) is 0 Å². The van der Waals surface area contributed by atoms with Crippen LogP contribution in [0.2, 0.25) is 0 Å². The molecule has 7 nitrogen and oxygen atoms in total. The molecule has 2 aromatic rings. The first-order chi connectivity index (χ1) is 11.5. The third-order valence-electron chi connectivity index (χ3n) is 4.07. The second-order valence-corrected chi connectivity index (χ2v) is 5.74. The van der Waals surface area contributed by atoms with Crippen LogP contribution in [0.3, 0.4) is 0 Å². The lowest BCUT2D eigenvalue weighted by Gasteiger charge is -2.19. The van der Waals surface area contributed by atoms with E-state index in [1.807, 2.05) is 0 Å². The molecule has 24 heavy (non-hydrogen) atoms. The number of halogens is 1. The predicted molar refractivity (Wildman–Crippen MR) is 83.6 cm³/mol. The van der Waals surface area contributed by atoms with Crippen LogP contribution >= 0.6 is 0 Å². The summed E-state index contributed by atoms with van der Waals surface area (Å²) in [5.41, 5.74) is 2.98. The first kappa shape index (κ1) is 16.3. The number of nitrogens with zero attached hydrogens (tertiary/aromatic N) is 1. The van der Waals surface area contributed by atoms with Crippen LogP contribution < -0.4 is 26.3 Å². The number of rotatable bonds is 6. The van der Waals surface area contributed by atoms with Gasteiger partial charge in [-0.3, -0.25) is 4.79 Å². The number of benzene rings is 1.